The molecule has 0 aromatic heterocycles. The molecule has 26 heavy (non-hydrogen) atoms. The number of aliphatic hydroxyl groups is 2. The summed E-state index contributed by atoms with van der Waals surface area (Å²) in [7, 11) is 0. The van der Waals surface area contributed by atoms with E-state index in [0.717, 1.165) is 0 Å². The molecule has 5 heteroatoms. The van der Waals surface area contributed by atoms with Crippen molar-refractivity contribution >= 4 is 11.8 Å². The maximum absolute atomic E-state index is 12.2. The Morgan fingerprint density at radius 2 is 1.81 bits per heavy atom. The van der Waals surface area contributed by atoms with Crippen LogP contribution in [0, 0.1) is 23.7 Å². The van der Waals surface area contributed by atoms with Crippen LogP contribution in [0.2, 0.25) is 0 Å². The van der Waals surface area contributed by atoms with Crippen molar-refractivity contribution in [3.63, 3.8) is 0 Å². The van der Waals surface area contributed by atoms with Gasteiger partial charge in [-0.3, -0.25) is 4.79 Å². The van der Waals surface area contributed by atoms with Gasteiger partial charge in [0, 0.05) is 23.8 Å². The normalized spacial score (nSPS) is 38.4. The van der Waals surface area contributed by atoms with Gasteiger partial charge >= 0.3 is 5.97 Å². The van der Waals surface area contributed by atoms with Gasteiger partial charge in [-0.05, 0) is 24.8 Å². The number of carbonyl (C=O) groups is 2. The summed E-state index contributed by atoms with van der Waals surface area (Å²) in [5.41, 5.74) is 0. The van der Waals surface area contributed by atoms with Gasteiger partial charge in [-0.1, -0.05) is 52.0 Å². The van der Waals surface area contributed by atoms with Crippen molar-refractivity contribution in [1.29, 1.82) is 0 Å². The van der Waals surface area contributed by atoms with Crippen molar-refractivity contribution in [3.8, 4) is 0 Å². The third-order valence-corrected chi connectivity index (χ3v) is 4.96. The molecule has 0 unspecified atom stereocenters. The van der Waals surface area contributed by atoms with Gasteiger partial charge < -0.3 is 14.9 Å². The van der Waals surface area contributed by atoms with Crippen LogP contribution in [-0.2, 0) is 14.3 Å². The van der Waals surface area contributed by atoms with E-state index in [0.29, 0.717) is 12.8 Å². The van der Waals surface area contributed by atoms with Crippen molar-refractivity contribution in [1.82, 2.24) is 0 Å². The third-order valence-electron chi connectivity index (χ3n) is 4.96. The highest BCUT2D eigenvalue weighted by atomic mass is 16.5. The number of cyclic esters (lactones) is 1. The molecule has 5 nitrogen and oxygen atoms in total. The molecule has 0 amide bonds. The quantitative estimate of drug-likeness (QED) is 0.736. The molecular weight excluding hydrogens is 332 g/mol. The molecule has 1 rings (SSSR count). The topological polar surface area (TPSA) is 83.8 Å². The summed E-state index contributed by atoms with van der Waals surface area (Å²) in [6.07, 6.45) is 9.59. The molecule has 6 atom stereocenters. The smallest absolute Gasteiger partial charge is 0.330 e. The lowest BCUT2D eigenvalue weighted by atomic mass is 9.85. The van der Waals surface area contributed by atoms with Crippen molar-refractivity contribution in [2.75, 3.05) is 6.61 Å². The second-order valence-electron chi connectivity index (χ2n) is 7.20. The number of esters is 1. The van der Waals surface area contributed by atoms with Gasteiger partial charge in [-0.15, -0.1) is 0 Å². The van der Waals surface area contributed by atoms with E-state index in [9.17, 15) is 19.8 Å². The van der Waals surface area contributed by atoms with Gasteiger partial charge in [0.25, 0.3) is 0 Å². The molecule has 0 radical (unpaired) electrons. The van der Waals surface area contributed by atoms with Crippen LogP contribution in [0.4, 0.5) is 0 Å². The van der Waals surface area contributed by atoms with Crippen LogP contribution in [0.25, 0.3) is 0 Å². The number of ether oxygens (including phenoxy) is 1. The van der Waals surface area contributed by atoms with E-state index < -0.39 is 18.2 Å². The molecule has 0 spiro atoms. The number of rotatable bonds is 2. The first-order valence-electron chi connectivity index (χ1n) is 9.36. The van der Waals surface area contributed by atoms with Crippen molar-refractivity contribution in [3.05, 3.63) is 36.5 Å². The summed E-state index contributed by atoms with van der Waals surface area (Å²) >= 11 is 0. The maximum Gasteiger partial charge on any atom is 0.330 e. The zero-order chi connectivity index (χ0) is 19.7. The number of aliphatic hydroxyl groups excluding tert-OH is 2. The highest BCUT2D eigenvalue weighted by Crippen LogP contribution is 2.23. The minimum Gasteiger partial charge on any atom is -0.459 e. The lowest BCUT2D eigenvalue weighted by Gasteiger charge is -2.25. The molecule has 1 aliphatic rings. The van der Waals surface area contributed by atoms with Gasteiger partial charge in [0.1, 0.15) is 6.10 Å². The van der Waals surface area contributed by atoms with E-state index in [4.69, 9.17) is 4.74 Å². The van der Waals surface area contributed by atoms with E-state index >= 15 is 0 Å². The van der Waals surface area contributed by atoms with E-state index in [-0.39, 0.29) is 36.1 Å². The molecule has 0 saturated carbocycles. The summed E-state index contributed by atoms with van der Waals surface area (Å²) < 4.78 is 5.44. The predicted molar refractivity (Wildman–Crippen MR) is 101 cm³/mol. The third kappa shape index (κ3) is 6.89. The summed E-state index contributed by atoms with van der Waals surface area (Å²) in [6, 6.07) is 0. The van der Waals surface area contributed by atoms with Crippen LogP contribution < -0.4 is 0 Å². The lowest BCUT2D eigenvalue weighted by Crippen LogP contribution is -2.28. The fourth-order valence-electron chi connectivity index (χ4n) is 3.16. The van der Waals surface area contributed by atoms with Crippen LogP contribution in [0.15, 0.2) is 36.5 Å². The monoisotopic (exact) mass is 364 g/mol. The second kappa shape index (κ2) is 11.1. The lowest BCUT2D eigenvalue weighted by molar-refractivity contribution is -0.145. The first-order chi connectivity index (χ1) is 12.3. The van der Waals surface area contributed by atoms with Crippen LogP contribution in [0.1, 0.15) is 40.5 Å². The summed E-state index contributed by atoms with van der Waals surface area (Å²) in [5.74, 6) is -1.34. The highest BCUT2D eigenvalue weighted by Gasteiger charge is 2.24. The number of allylic oxidation sites excluding steroid dienone is 3. The average Bonchev–Trinajstić information content (AvgIpc) is 2.62. The number of ketones is 1. The SMILES string of the molecule is CC[C@H]1OC(=O)/C=C/[C@H](C)[C@@H](O)[C@@H](C)C[C@@H](C)C(=O)/C=C/C=C/[C@@H]1CO. The Kier molecular flexibility index (Phi) is 9.52. The van der Waals surface area contributed by atoms with Gasteiger partial charge in [0.05, 0.1) is 12.7 Å². The molecule has 146 valence electrons. The fourth-order valence-corrected chi connectivity index (χ4v) is 3.16. The van der Waals surface area contributed by atoms with E-state index in [1.54, 1.807) is 24.3 Å². The first-order valence-corrected chi connectivity index (χ1v) is 9.36. The Morgan fingerprint density at radius 1 is 1.12 bits per heavy atom. The minimum atomic E-state index is -0.654. The first kappa shape index (κ1) is 22.3. The van der Waals surface area contributed by atoms with Crippen LogP contribution in [0.5, 0.6) is 0 Å². The summed E-state index contributed by atoms with van der Waals surface area (Å²) in [4.78, 5) is 24.3. The molecule has 0 saturated heterocycles. The molecule has 0 aliphatic carbocycles. The number of hydrogen-bond donors (Lipinski definition) is 2. The average molecular weight is 364 g/mol. The van der Waals surface area contributed by atoms with Gasteiger partial charge in [-0.2, -0.15) is 0 Å². The zero-order valence-electron chi connectivity index (χ0n) is 16.2. The van der Waals surface area contributed by atoms with Crippen LogP contribution >= 0.6 is 0 Å². The molecule has 0 aromatic rings. The second-order valence-corrected chi connectivity index (χ2v) is 7.20. The Labute approximate surface area is 156 Å². The van der Waals surface area contributed by atoms with Crippen molar-refractivity contribution in [2.45, 2.75) is 52.7 Å². The zero-order valence-corrected chi connectivity index (χ0v) is 16.2. The van der Waals surface area contributed by atoms with E-state index in [1.165, 1.54) is 12.2 Å². The Balaban J connectivity index is 3.09. The Morgan fingerprint density at radius 3 is 2.42 bits per heavy atom. The standard InChI is InChI=1S/C21H32O5/c1-5-19-17(13-22)8-6-7-9-18(23)15(3)12-16(4)21(25)14(2)10-11-20(24)26-19/h6-11,14-17,19,21-22,25H,5,12-13H2,1-4H3/b8-6+,9-7+,11-10+/t14-,15+,16-,17+,19+,21+/m0/s1. The summed E-state index contributed by atoms with van der Waals surface area (Å²) in [6.45, 7) is 7.31. The van der Waals surface area contributed by atoms with E-state index in [2.05, 4.69) is 0 Å². The molecular formula is C21H32O5. The predicted octanol–water partition coefficient (Wildman–Crippen LogP) is 2.83. The van der Waals surface area contributed by atoms with Gasteiger partial charge in [0.2, 0.25) is 0 Å². The van der Waals surface area contributed by atoms with Crippen molar-refractivity contribution in [2.24, 2.45) is 23.7 Å². The fraction of sp³-hybridized carbons (Fsp3) is 0.619. The molecule has 1 aliphatic heterocycles. The Hall–Kier alpha value is -1.72. The molecule has 2 N–H and O–H groups in total. The molecule has 0 fully saturated rings. The largest absolute Gasteiger partial charge is 0.459 e. The molecule has 1 heterocycles. The Bertz CT molecular complexity index is 549. The van der Waals surface area contributed by atoms with Crippen LogP contribution in [-0.4, -0.2) is 40.8 Å². The van der Waals surface area contributed by atoms with Gasteiger partial charge in [-0.25, -0.2) is 4.79 Å². The van der Waals surface area contributed by atoms with E-state index in [1.807, 2.05) is 27.7 Å². The van der Waals surface area contributed by atoms with Gasteiger partial charge in [0.15, 0.2) is 5.78 Å². The maximum atomic E-state index is 12.2. The minimum absolute atomic E-state index is 0.00278. The molecule has 0 bridgehead atoms. The number of hydrogen-bond acceptors (Lipinski definition) is 5. The summed E-state index contributed by atoms with van der Waals surface area (Å²) in [5, 5.41) is 20.0. The van der Waals surface area contributed by atoms with Crippen LogP contribution in [0.3, 0.4) is 0 Å². The van der Waals surface area contributed by atoms with Crippen molar-refractivity contribution < 1.29 is 24.5 Å². The number of carbonyl (C=O) groups excluding carboxylic acids is 2. The molecule has 0 aromatic carbocycles. The highest BCUT2D eigenvalue weighted by molar-refractivity contribution is 5.91.